The molecule has 2 aliphatic heterocycles. The van der Waals surface area contributed by atoms with Crippen LogP contribution < -0.4 is 5.32 Å². The maximum atomic E-state index is 11.9. The van der Waals surface area contributed by atoms with Crippen molar-refractivity contribution in [3.63, 3.8) is 0 Å². The summed E-state index contributed by atoms with van der Waals surface area (Å²) >= 11 is 0. The molecule has 2 N–H and O–H groups in total. The molecule has 2 heterocycles. The van der Waals surface area contributed by atoms with Gasteiger partial charge < -0.3 is 29.4 Å². The zero-order chi connectivity index (χ0) is 29.3. The molecule has 2 fully saturated rings. The number of ether oxygens (including phenoxy) is 4. The zero-order valence-corrected chi connectivity index (χ0v) is 24.1. The highest BCUT2D eigenvalue weighted by molar-refractivity contribution is 5.68. The Hall–Kier alpha value is -3.53. The fourth-order valence-electron chi connectivity index (χ4n) is 5.45. The summed E-state index contributed by atoms with van der Waals surface area (Å²) in [5, 5.41) is 12.3. The molecule has 42 heavy (non-hydrogen) atoms. The van der Waals surface area contributed by atoms with Gasteiger partial charge in [-0.2, -0.15) is 0 Å². The van der Waals surface area contributed by atoms with Crippen LogP contribution in [0.1, 0.15) is 41.6 Å². The lowest BCUT2D eigenvalue weighted by molar-refractivity contribution is -0.277. The van der Waals surface area contributed by atoms with Crippen LogP contribution in [0.4, 0.5) is 4.79 Å². The third-order valence-corrected chi connectivity index (χ3v) is 7.85. The molecule has 3 aromatic rings. The first-order chi connectivity index (χ1) is 20.5. The summed E-state index contributed by atoms with van der Waals surface area (Å²) in [7, 11) is 0. The second kappa shape index (κ2) is 14.6. The molecule has 0 unspecified atom stereocenters. The van der Waals surface area contributed by atoms with Crippen LogP contribution >= 0.6 is 0 Å². The SMILES string of the molecule is C=CCOC(=O)NCc1cccc(-c2cccc([C@H]3O[C@@H](CN4CCOCC4)[C@@H](C)[C@@H](c4ccc(CO)cc4)O3)c2)c1. The lowest BCUT2D eigenvalue weighted by Gasteiger charge is -2.43. The van der Waals surface area contributed by atoms with Crippen molar-refractivity contribution in [2.24, 2.45) is 5.92 Å². The number of nitrogens with one attached hydrogen (secondary N) is 1. The molecule has 4 atom stereocenters. The molecule has 2 aliphatic rings. The fraction of sp³-hybridized carbons (Fsp3) is 0.382. The van der Waals surface area contributed by atoms with Gasteiger partial charge in [-0.05, 0) is 39.9 Å². The molecule has 2 saturated heterocycles. The van der Waals surface area contributed by atoms with Gasteiger partial charge in [0.15, 0.2) is 6.29 Å². The second-order valence-electron chi connectivity index (χ2n) is 10.8. The Balaban J connectivity index is 1.36. The summed E-state index contributed by atoms with van der Waals surface area (Å²) in [6.07, 6.45) is 0.312. The molecular formula is C34H40N2O6. The Bertz CT molecular complexity index is 1320. The first-order valence-corrected chi connectivity index (χ1v) is 14.6. The number of hydrogen-bond donors (Lipinski definition) is 2. The van der Waals surface area contributed by atoms with Crippen molar-refractivity contribution in [1.29, 1.82) is 0 Å². The van der Waals surface area contributed by atoms with Gasteiger partial charge in [-0.3, -0.25) is 4.90 Å². The predicted molar refractivity (Wildman–Crippen MR) is 160 cm³/mol. The van der Waals surface area contributed by atoms with Crippen molar-refractivity contribution in [2.75, 3.05) is 39.5 Å². The van der Waals surface area contributed by atoms with E-state index in [1.165, 1.54) is 6.08 Å². The normalized spacial score (nSPS) is 22.8. The minimum atomic E-state index is -0.542. The number of nitrogens with zero attached hydrogens (tertiary/aromatic N) is 1. The lowest BCUT2D eigenvalue weighted by Crippen LogP contribution is -2.47. The molecule has 0 aliphatic carbocycles. The van der Waals surface area contributed by atoms with Crippen LogP contribution in [0, 0.1) is 5.92 Å². The predicted octanol–water partition coefficient (Wildman–Crippen LogP) is 5.38. The van der Waals surface area contributed by atoms with Gasteiger partial charge in [-0.1, -0.05) is 80.2 Å². The number of rotatable bonds is 10. The number of aliphatic hydroxyl groups excluding tert-OH is 1. The number of benzene rings is 3. The average Bonchev–Trinajstić information content (AvgIpc) is 3.04. The summed E-state index contributed by atoms with van der Waals surface area (Å²) in [4.78, 5) is 14.3. The van der Waals surface area contributed by atoms with Gasteiger partial charge in [0, 0.05) is 37.7 Å². The molecule has 0 spiro atoms. The molecule has 0 radical (unpaired) electrons. The number of carbonyl (C=O) groups is 1. The van der Waals surface area contributed by atoms with E-state index in [0.717, 1.165) is 66.2 Å². The molecule has 0 saturated carbocycles. The highest BCUT2D eigenvalue weighted by Gasteiger charge is 2.39. The third-order valence-electron chi connectivity index (χ3n) is 7.85. The van der Waals surface area contributed by atoms with E-state index in [2.05, 4.69) is 48.0 Å². The molecule has 8 heteroatoms. The number of amides is 1. The van der Waals surface area contributed by atoms with E-state index in [4.69, 9.17) is 18.9 Å². The number of aliphatic hydroxyl groups is 1. The van der Waals surface area contributed by atoms with Crippen molar-refractivity contribution in [1.82, 2.24) is 10.2 Å². The van der Waals surface area contributed by atoms with Crippen molar-refractivity contribution in [3.05, 3.63) is 108 Å². The van der Waals surface area contributed by atoms with Gasteiger partial charge in [-0.15, -0.1) is 0 Å². The van der Waals surface area contributed by atoms with Crippen LogP contribution in [0.25, 0.3) is 11.1 Å². The van der Waals surface area contributed by atoms with Gasteiger partial charge in [0.05, 0.1) is 32.0 Å². The van der Waals surface area contributed by atoms with Crippen LogP contribution in [0.5, 0.6) is 0 Å². The van der Waals surface area contributed by atoms with Crippen molar-refractivity contribution in [3.8, 4) is 11.1 Å². The van der Waals surface area contributed by atoms with E-state index >= 15 is 0 Å². The molecule has 0 bridgehead atoms. The smallest absolute Gasteiger partial charge is 0.407 e. The second-order valence-corrected chi connectivity index (χ2v) is 10.8. The zero-order valence-electron chi connectivity index (χ0n) is 24.1. The first-order valence-electron chi connectivity index (χ1n) is 14.6. The molecule has 8 nitrogen and oxygen atoms in total. The average molecular weight is 573 g/mol. The maximum absolute atomic E-state index is 11.9. The molecule has 222 valence electrons. The minimum absolute atomic E-state index is 0.0101. The summed E-state index contributed by atoms with van der Waals surface area (Å²) in [5.41, 5.74) is 5.91. The van der Waals surface area contributed by atoms with E-state index in [1.54, 1.807) is 0 Å². The van der Waals surface area contributed by atoms with Crippen molar-refractivity contribution < 1.29 is 28.8 Å². The number of carbonyl (C=O) groups excluding carboxylic acids is 1. The standard InChI is InChI=1S/C34H40N2O6/c1-3-16-40-34(38)35-21-26-6-4-7-28(19-26)29-8-5-9-30(20-29)33-41-31(22-36-14-17-39-18-15-36)24(2)32(42-33)27-12-10-25(23-37)11-13-27/h3-13,19-20,24,31-33,37H,1,14-18,21-23H2,2H3,(H,35,38)/t24-,31+,32+,33+/m1/s1. The summed E-state index contributed by atoms with van der Waals surface area (Å²) < 4.78 is 23.9. The largest absolute Gasteiger partial charge is 0.445 e. The Kier molecular flexibility index (Phi) is 10.4. The van der Waals surface area contributed by atoms with Gasteiger partial charge >= 0.3 is 6.09 Å². The summed E-state index contributed by atoms with van der Waals surface area (Å²) in [6, 6.07) is 24.3. The van der Waals surface area contributed by atoms with E-state index in [9.17, 15) is 9.90 Å². The maximum Gasteiger partial charge on any atom is 0.407 e. The molecular weight excluding hydrogens is 532 g/mol. The van der Waals surface area contributed by atoms with Crippen LogP contribution in [-0.2, 0) is 32.1 Å². The molecule has 1 amide bonds. The Morgan fingerprint density at radius 1 is 1.00 bits per heavy atom. The summed E-state index contributed by atoms with van der Waals surface area (Å²) in [5.74, 6) is 0.120. The quantitative estimate of drug-likeness (QED) is 0.315. The van der Waals surface area contributed by atoms with Crippen molar-refractivity contribution >= 4 is 6.09 Å². The monoisotopic (exact) mass is 572 g/mol. The highest BCUT2D eigenvalue weighted by atomic mass is 16.7. The van der Waals surface area contributed by atoms with Gasteiger partial charge in [0.25, 0.3) is 0 Å². The van der Waals surface area contributed by atoms with E-state index in [-0.39, 0.29) is 31.3 Å². The topological polar surface area (TPSA) is 89.5 Å². The summed E-state index contributed by atoms with van der Waals surface area (Å²) in [6.45, 7) is 10.3. The highest BCUT2D eigenvalue weighted by Crippen LogP contribution is 2.42. The lowest BCUT2D eigenvalue weighted by atomic mass is 9.89. The number of morpholine rings is 1. The van der Waals surface area contributed by atoms with Gasteiger partial charge in [0.1, 0.15) is 6.61 Å². The van der Waals surface area contributed by atoms with Crippen molar-refractivity contribution in [2.45, 2.75) is 38.6 Å². The Labute approximate surface area is 247 Å². The Morgan fingerprint density at radius 3 is 2.48 bits per heavy atom. The van der Waals surface area contributed by atoms with Crippen LogP contribution in [0.3, 0.4) is 0 Å². The third kappa shape index (κ3) is 7.65. The molecule has 5 rings (SSSR count). The number of hydrogen-bond acceptors (Lipinski definition) is 7. The molecule has 0 aromatic heterocycles. The number of alkyl carbamates (subject to hydrolysis) is 1. The first kappa shape index (κ1) is 29.9. The molecule has 3 aromatic carbocycles. The fourth-order valence-corrected chi connectivity index (χ4v) is 5.45. The van der Waals surface area contributed by atoms with E-state index in [0.29, 0.717) is 6.54 Å². The van der Waals surface area contributed by atoms with Crippen LogP contribution in [0.15, 0.2) is 85.5 Å². The van der Waals surface area contributed by atoms with E-state index < -0.39 is 12.4 Å². The minimum Gasteiger partial charge on any atom is -0.445 e. The van der Waals surface area contributed by atoms with Gasteiger partial charge in [-0.25, -0.2) is 4.79 Å². The van der Waals surface area contributed by atoms with Crippen LogP contribution in [-0.4, -0.2) is 61.7 Å². The van der Waals surface area contributed by atoms with Gasteiger partial charge in [0.2, 0.25) is 0 Å². The van der Waals surface area contributed by atoms with Crippen LogP contribution in [0.2, 0.25) is 0 Å². The Morgan fingerprint density at radius 2 is 1.74 bits per heavy atom. The van der Waals surface area contributed by atoms with E-state index in [1.807, 2.05) is 48.5 Å².